The number of benzene rings is 1. The first-order chi connectivity index (χ1) is 15.0. The van der Waals surface area contributed by atoms with Crippen LogP contribution in [0.4, 0.5) is 14.5 Å². The molecule has 2 aliphatic carbocycles. The number of halogens is 2. The molecule has 0 bridgehead atoms. The van der Waals surface area contributed by atoms with E-state index in [-0.39, 0.29) is 17.6 Å². The second-order valence-electron chi connectivity index (χ2n) is 8.25. The largest absolute Gasteiger partial charge is 0.494 e. The monoisotopic (exact) mass is 449 g/mol. The molecule has 3 N–H and O–H groups in total. The van der Waals surface area contributed by atoms with E-state index >= 15 is 0 Å². The predicted molar refractivity (Wildman–Crippen MR) is 119 cm³/mol. The number of nitrogens with one attached hydrogen (secondary N) is 1. The smallest absolute Gasteiger partial charge is 0.227 e. The molecule has 1 heterocycles. The zero-order valence-corrected chi connectivity index (χ0v) is 18.5. The van der Waals surface area contributed by atoms with Gasteiger partial charge in [0, 0.05) is 17.8 Å². The highest BCUT2D eigenvalue weighted by molar-refractivity contribution is 7.97. The molecule has 1 unspecified atom stereocenters. The number of amides is 1. The molecular weight excluding hydrogens is 420 g/mol. The summed E-state index contributed by atoms with van der Waals surface area (Å²) in [5, 5.41) is 9.28. The highest BCUT2D eigenvalue weighted by Gasteiger charge is 2.40. The van der Waals surface area contributed by atoms with Gasteiger partial charge in [-0.2, -0.15) is 4.39 Å². The van der Waals surface area contributed by atoms with Gasteiger partial charge in [0.1, 0.15) is 5.03 Å². The van der Waals surface area contributed by atoms with Crippen LogP contribution in [0.2, 0.25) is 0 Å². The van der Waals surface area contributed by atoms with Crippen LogP contribution in [0.3, 0.4) is 0 Å². The third-order valence-corrected chi connectivity index (χ3v) is 6.70. The molecule has 1 aromatic carbocycles. The van der Waals surface area contributed by atoms with Crippen LogP contribution in [0.25, 0.3) is 0 Å². The molecule has 5 nitrogen and oxygen atoms in total. The Morgan fingerprint density at radius 3 is 2.65 bits per heavy atom. The zero-order valence-electron chi connectivity index (χ0n) is 17.7. The summed E-state index contributed by atoms with van der Waals surface area (Å²) in [6.07, 6.45) is 11.6. The number of methoxy groups -OCH3 is 1. The molecule has 2 aliphatic rings. The van der Waals surface area contributed by atoms with E-state index < -0.39 is 11.6 Å². The molecule has 1 spiro atoms. The number of nitrogens with two attached hydrogens (primary N) is 1. The van der Waals surface area contributed by atoms with Crippen molar-refractivity contribution in [2.45, 2.75) is 56.4 Å². The summed E-state index contributed by atoms with van der Waals surface area (Å²) in [6.45, 7) is 0. The summed E-state index contributed by atoms with van der Waals surface area (Å²) in [5.41, 5.74) is 1.27. The quantitative estimate of drug-likeness (QED) is 0.585. The Labute approximate surface area is 186 Å². The third kappa shape index (κ3) is 6.17. The van der Waals surface area contributed by atoms with Crippen LogP contribution < -0.4 is 15.2 Å². The van der Waals surface area contributed by atoms with E-state index in [9.17, 15) is 13.6 Å². The molecule has 0 aliphatic heterocycles. The van der Waals surface area contributed by atoms with Crippen molar-refractivity contribution >= 4 is 23.5 Å². The minimum atomic E-state index is -0.940. The Morgan fingerprint density at radius 2 is 1.97 bits per heavy atom. The number of rotatable bonds is 4. The summed E-state index contributed by atoms with van der Waals surface area (Å²) in [7, 11) is 1.29. The second kappa shape index (κ2) is 10.9. The van der Waals surface area contributed by atoms with Gasteiger partial charge >= 0.3 is 0 Å². The van der Waals surface area contributed by atoms with Crippen molar-refractivity contribution in [1.29, 1.82) is 0 Å². The molecule has 1 amide bonds. The molecule has 4 rings (SSSR count). The Morgan fingerprint density at radius 1 is 1.23 bits per heavy atom. The Bertz CT molecular complexity index is 891. The van der Waals surface area contributed by atoms with Crippen molar-refractivity contribution in [1.82, 2.24) is 4.98 Å². The Balaban J connectivity index is 0.000000229. The van der Waals surface area contributed by atoms with E-state index in [1.54, 1.807) is 6.20 Å². The van der Waals surface area contributed by atoms with E-state index in [1.807, 2.05) is 12.1 Å². The fraction of sp³-hybridized carbons (Fsp3) is 0.478. The number of hydrogen-bond donors (Lipinski definition) is 2. The number of carbonyl (C=O) groups excluding carboxylic acids is 1. The first kappa shape index (κ1) is 23.5. The first-order valence-corrected chi connectivity index (χ1v) is 11.5. The highest BCUT2D eigenvalue weighted by atomic mass is 32.2. The van der Waals surface area contributed by atoms with Crippen LogP contribution in [-0.4, -0.2) is 18.0 Å². The second-order valence-corrected chi connectivity index (χ2v) is 8.90. The van der Waals surface area contributed by atoms with Crippen molar-refractivity contribution in [3.8, 4) is 5.75 Å². The van der Waals surface area contributed by atoms with Gasteiger partial charge in [-0.1, -0.05) is 25.3 Å². The fourth-order valence-corrected chi connectivity index (χ4v) is 5.01. The van der Waals surface area contributed by atoms with Crippen molar-refractivity contribution in [3.05, 3.63) is 48.2 Å². The lowest BCUT2D eigenvalue weighted by atomic mass is 9.68. The first-order valence-electron chi connectivity index (χ1n) is 10.6. The van der Waals surface area contributed by atoms with Gasteiger partial charge < -0.3 is 10.1 Å². The SMILES string of the molecule is COc1cccc(F)c1F.NSc1cc(NC(=O)C2CCCC3(CCCC3)C2)ccn1. The lowest BCUT2D eigenvalue weighted by molar-refractivity contribution is -0.122. The van der Waals surface area contributed by atoms with Crippen molar-refractivity contribution in [2.75, 3.05) is 12.4 Å². The number of nitrogens with zero attached hydrogens (tertiary/aromatic N) is 1. The number of carbonyl (C=O) groups is 1. The van der Waals surface area contributed by atoms with Gasteiger partial charge in [-0.05, 0) is 73.7 Å². The van der Waals surface area contributed by atoms with E-state index in [2.05, 4.69) is 15.0 Å². The summed E-state index contributed by atoms with van der Waals surface area (Å²) in [5.74, 6) is -1.57. The van der Waals surface area contributed by atoms with E-state index in [0.717, 1.165) is 41.6 Å². The third-order valence-electron chi connectivity index (χ3n) is 6.23. The number of hydrogen-bond acceptors (Lipinski definition) is 5. The molecular formula is C23H29F2N3O2S. The van der Waals surface area contributed by atoms with Crippen LogP contribution in [0, 0.1) is 23.0 Å². The van der Waals surface area contributed by atoms with Crippen LogP contribution in [0.5, 0.6) is 5.75 Å². The molecule has 1 atom stereocenters. The van der Waals surface area contributed by atoms with E-state index in [1.165, 1.54) is 57.8 Å². The molecule has 168 valence electrons. The number of pyridine rings is 1. The summed E-state index contributed by atoms with van der Waals surface area (Å²) >= 11 is 1.10. The Hall–Kier alpha value is -2.19. The predicted octanol–water partition coefficient (Wildman–Crippen LogP) is 5.71. The molecule has 1 aromatic heterocycles. The van der Waals surface area contributed by atoms with Gasteiger partial charge in [0.15, 0.2) is 11.6 Å². The van der Waals surface area contributed by atoms with Gasteiger partial charge in [-0.25, -0.2) is 9.37 Å². The minimum absolute atomic E-state index is 0.0694. The average molecular weight is 450 g/mol. The van der Waals surface area contributed by atoms with Crippen molar-refractivity contribution < 1.29 is 18.3 Å². The molecule has 31 heavy (non-hydrogen) atoms. The van der Waals surface area contributed by atoms with E-state index in [4.69, 9.17) is 5.14 Å². The maximum absolute atomic E-state index is 12.5. The minimum Gasteiger partial charge on any atom is -0.494 e. The zero-order chi connectivity index (χ0) is 22.3. The molecule has 0 radical (unpaired) electrons. The molecule has 8 heteroatoms. The maximum Gasteiger partial charge on any atom is 0.227 e. The molecule has 2 aromatic rings. The Kier molecular flexibility index (Phi) is 8.26. The van der Waals surface area contributed by atoms with Crippen LogP contribution in [-0.2, 0) is 4.79 Å². The van der Waals surface area contributed by atoms with Gasteiger partial charge in [-0.3, -0.25) is 9.93 Å². The lowest BCUT2D eigenvalue weighted by Crippen LogP contribution is -2.33. The molecule has 2 saturated carbocycles. The summed E-state index contributed by atoms with van der Waals surface area (Å²) < 4.78 is 29.3. The molecule has 2 fully saturated rings. The van der Waals surface area contributed by atoms with E-state index in [0.29, 0.717) is 5.41 Å². The van der Waals surface area contributed by atoms with Gasteiger partial charge in [0.2, 0.25) is 11.7 Å². The number of aromatic nitrogens is 1. The average Bonchev–Trinajstić information content (AvgIpc) is 3.23. The van der Waals surface area contributed by atoms with Crippen LogP contribution >= 0.6 is 11.9 Å². The normalized spacial score (nSPS) is 19.4. The maximum atomic E-state index is 12.5. The topological polar surface area (TPSA) is 77.2 Å². The molecule has 0 saturated heterocycles. The number of ether oxygens (including phenoxy) is 1. The summed E-state index contributed by atoms with van der Waals surface area (Å²) in [4.78, 5) is 16.7. The standard InChI is InChI=1S/C16H23N3OS.C7H6F2O/c17-21-14-10-13(5-9-18-14)19-15(20)12-4-3-8-16(11-12)6-1-2-7-16;1-10-6-4-2-3-5(8)7(6)9/h5,9-10,12H,1-4,6-8,11,17H2,(H,18,19,20);2-4H,1H3. The highest BCUT2D eigenvalue weighted by Crippen LogP contribution is 2.50. The van der Waals surface area contributed by atoms with Gasteiger partial charge in [-0.15, -0.1) is 0 Å². The summed E-state index contributed by atoms with van der Waals surface area (Å²) in [6, 6.07) is 7.44. The fourth-order valence-electron chi connectivity index (χ4n) is 4.69. The van der Waals surface area contributed by atoms with Gasteiger partial charge in [0.05, 0.1) is 7.11 Å². The number of anilines is 1. The van der Waals surface area contributed by atoms with Gasteiger partial charge in [0.25, 0.3) is 0 Å². The van der Waals surface area contributed by atoms with Crippen LogP contribution in [0.1, 0.15) is 51.4 Å². The van der Waals surface area contributed by atoms with Crippen molar-refractivity contribution in [2.24, 2.45) is 16.5 Å². The lowest BCUT2D eigenvalue weighted by Gasteiger charge is -2.37. The van der Waals surface area contributed by atoms with Crippen molar-refractivity contribution in [3.63, 3.8) is 0 Å². The van der Waals surface area contributed by atoms with Crippen LogP contribution in [0.15, 0.2) is 41.6 Å².